The van der Waals surface area contributed by atoms with E-state index in [1.807, 2.05) is 61.5 Å². The molecule has 5 nitrogen and oxygen atoms in total. The van der Waals surface area contributed by atoms with Gasteiger partial charge in [-0.05, 0) is 72.6 Å². The monoisotopic (exact) mass is 479 g/mol. The lowest BCUT2D eigenvalue weighted by Crippen LogP contribution is -2.32. The van der Waals surface area contributed by atoms with Crippen LogP contribution in [0.25, 0.3) is 6.08 Å². The van der Waals surface area contributed by atoms with Gasteiger partial charge in [-0.15, -0.1) is 0 Å². The smallest absolute Gasteiger partial charge is 0.293 e. The van der Waals surface area contributed by atoms with Crippen LogP contribution in [-0.2, 0) is 11.2 Å². The summed E-state index contributed by atoms with van der Waals surface area (Å²) >= 11 is 7.12. The van der Waals surface area contributed by atoms with E-state index < -0.39 is 5.91 Å². The molecule has 0 unspecified atom stereocenters. The van der Waals surface area contributed by atoms with Gasteiger partial charge in [-0.3, -0.25) is 14.5 Å². The van der Waals surface area contributed by atoms with Crippen molar-refractivity contribution >= 4 is 40.6 Å². The summed E-state index contributed by atoms with van der Waals surface area (Å²) in [5.41, 5.74) is 3.49. The summed E-state index contributed by atoms with van der Waals surface area (Å²) in [4.78, 5) is 26.6. The Hall–Kier alpha value is -3.22. The Morgan fingerprint density at radius 2 is 1.82 bits per heavy atom. The molecule has 3 aromatic rings. The summed E-state index contributed by atoms with van der Waals surface area (Å²) in [5, 5.41) is 10.6. The Labute approximate surface area is 201 Å². The van der Waals surface area contributed by atoms with Crippen LogP contribution in [0.1, 0.15) is 22.3 Å². The summed E-state index contributed by atoms with van der Waals surface area (Å²) in [5.74, 6) is 0.323. The first kappa shape index (κ1) is 23.0. The van der Waals surface area contributed by atoms with Gasteiger partial charge in [0.05, 0.1) is 11.4 Å². The Morgan fingerprint density at radius 3 is 2.58 bits per heavy atom. The van der Waals surface area contributed by atoms with Crippen molar-refractivity contribution < 1.29 is 19.4 Å². The minimum Gasteiger partial charge on any atom is -0.507 e. The fourth-order valence-electron chi connectivity index (χ4n) is 3.41. The predicted molar refractivity (Wildman–Crippen MR) is 132 cm³/mol. The van der Waals surface area contributed by atoms with Crippen LogP contribution in [0.4, 0.5) is 4.79 Å². The van der Waals surface area contributed by atoms with Crippen LogP contribution in [0.3, 0.4) is 0 Å². The molecule has 3 aromatic carbocycles. The Bertz CT molecular complexity index is 1220. The molecule has 0 aromatic heterocycles. The predicted octanol–water partition coefficient (Wildman–Crippen LogP) is 6.06. The molecule has 4 rings (SSSR count). The zero-order valence-corrected chi connectivity index (χ0v) is 19.5. The van der Waals surface area contributed by atoms with E-state index in [9.17, 15) is 14.7 Å². The molecule has 1 fully saturated rings. The van der Waals surface area contributed by atoms with Gasteiger partial charge in [0.1, 0.15) is 18.1 Å². The highest BCUT2D eigenvalue weighted by atomic mass is 35.5. The first-order valence-electron chi connectivity index (χ1n) is 10.4. The molecule has 0 aliphatic carbocycles. The number of nitrogens with zero attached hydrogens (tertiary/aromatic N) is 1. The third-order valence-electron chi connectivity index (χ3n) is 5.21. The van der Waals surface area contributed by atoms with Crippen LogP contribution in [0, 0.1) is 6.92 Å². The fourth-order valence-corrected chi connectivity index (χ4v) is 4.47. The van der Waals surface area contributed by atoms with Gasteiger partial charge in [0, 0.05) is 10.6 Å². The molecule has 33 heavy (non-hydrogen) atoms. The molecule has 0 spiro atoms. The number of phenols is 1. The SMILES string of the molecule is Cc1ccc(OCCN2C(=O)S/C(=C\c3cc(Cc4ccccc4Cl)ccc3O)C2=O)cc1. The van der Waals surface area contributed by atoms with Gasteiger partial charge in [0.2, 0.25) is 0 Å². The Kier molecular flexibility index (Phi) is 7.06. The molecular weight excluding hydrogens is 458 g/mol. The lowest BCUT2D eigenvalue weighted by molar-refractivity contribution is -0.123. The van der Waals surface area contributed by atoms with E-state index in [4.69, 9.17) is 16.3 Å². The van der Waals surface area contributed by atoms with E-state index in [1.165, 1.54) is 0 Å². The summed E-state index contributed by atoms with van der Waals surface area (Å²) in [6, 6.07) is 20.3. The Balaban J connectivity index is 1.45. The number of hydrogen-bond acceptors (Lipinski definition) is 5. The largest absolute Gasteiger partial charge is 0.507 e. The van der Waals surface area contributed by atoms with E-state index in [0.717, 1.165) is 33.4 Å². The van der Waals surface area contributed by atoms with Gasteiger partial charge >= 0.3 is 0 Å². The summed E-state index contributed by atoms with van der Waals surface area (Å²) in [7, 11) is 0. The molecule has 1 saturated heterocycles. The molecule has 0 radical (unpaired) electrons. The topological polar surface area (TPSA) is 66.8 Å². The maximum Gasteiger partial charge on any atom is 0.293 e. The molecule has 1 aliphatic rings. The van der Waals surface area contributed by atoms with Crippen LogP contribution in [0.2, 0.25) is 5.02 Å². The fraction of sp³-hybridized carbons (Fsp3) is 0.154. The van der Waals surface area contributed by atoms with Crippen LogP contribution in [-0.4, -0.2) is 34.3 Å². The number of phenolic OH excluding ortho intramolecular Hbond substituents is 1. The molecule has 168 valence electrons. The van der Waals surface area contributed by atoms with Crippen molar-refractivity contribution in [3.63, 3.8) is 0 Å². The van der Waals surface area contributed by atoms with E-state index in [1.54, 1.807) is 18.2 Å². The van der Waals surface area contributed by atoms with Crippen molar-refractivity contribution in [2.75, 3.05) is 13.2 Å². The maximum absolute atomic E-state index is 12.8. The number of thioether (sulfide) groups is 1. The highest BCUT2D eigenvalue weighted by Gasteiger charge is 2.35. The maximum atomic E-state index is 12.8. The quantitative estimate of drug-likeness (QED) is 0.417. The van der Waals surface area contributed by atoms with Crippen molar-refractivity contribution in [2.24, 2.45) is 0 Å². The number of halogens is 1. The van der Waals surface area contributed by atoms with Crippen molar-refractivity contribution in [1.82, 2.24) is 4.90 Å². The van der Waals surface area contributed by atoms with E-state index in [0.29, 0.717) is 22.8 Å². The molecule has 1 aliphatic heterocycles. The molecule has 1 heterocycles. The highest BCUT2D eigenvalue weighted by molar-refractivity contribution is 8.18. The van der Waals surface area contributed by atoms with Gasteiger partial charge in [0.15, 0.2) is 0 Å². The number of carbonyl (C=O) groups is 2. The minimum atomic E-state index is -0.395. The average molecular weight is 480 g/mol. The number of benzene rings is 3. The highest BCUT2D eigenvalue weighted by Crippen LogP contribution is 2.34. The third kappa shape index (κ3) is 5.59. The van der Waals surface area contributed by atoms with Gasteiger partial charge in [-0.25, -0.2) is 0 Å². The molecule has 1 N–H and O–H groups in total. The van der Waals surface area contributed by atoms with Crippen LogP contribution in [0.5, 0.6) is 11.5 Å². The lowest BCUT2D eigenvalue weighted by atomic mass is 10.0. The molecule has 0 saturated carbocycles. The number of carbonyl (C=O) groups excluding carboxylic acids is 2. The number of aryl methyl sites for hydroxylation is 1. The van der Waals surface area contributed by atoms with Crippen LogP contribution < -0.4 is 4.74 Å². The second-order valence-electron chi connectivity index (χ2n) is 7.66. The number of aromatic hydroxyl groups is 1. The molecule has 0 bridgehead atoms. The normalized spacial score (nSPS) is 14.8. The molecule has 0 atom stereocenters. The van der Waals surface area contributed by atoms with E-state index in [-0.39, 0.29) is 29.0 Å². The number of ether oxygens (including phenoxy) is 1. The first-order valence-corrected chi connectivity index (χ1v) is 11.6. The average Bonchev–Trinajstić information content (AvgIpc) is 3.06. The summed E-state index contributed by atoms with van der Waals surface area (Å²) in [6.45, 7) is 2.34. The number of imide groups is 1. The number of amides is 2. The third-order valence-corrected chi connectivity index (χ3v) is 6.49. The van der Waals surface area contributed by atoms with Gasteiger partial charge in [-0.1, -0.05) is 53.6 Å². The second-order valence-corrected chi connectivity index (χ2v) is 9.06. The minimum absolute atomic E-state index is 0.0346. The van der Waals surface area contributed by atoms with Crippen molar-refractivity contribution in [2.45, 2.75) is 13.3 Å². The van der Waals surface area contributed by atoms with Crippen molar-refractivity contribution in [3.05, 3.63) is 98.9 Å². The summed E-state index contributed by atoms with van der Waals surface area (Å²) < 4.78 is 5.65. The van der Waals surface area contributed by atoms with E-state index >= 15 is 0 Å². The Morgan fingerprint density at radius 1 is 1.06 bits per heavy atom. The van der Waals surface area contributed by atoms with Gasteiger partial charge < -0.3 is 9.84 Å². The van der Waals surface area contributed by atoms with Crippen molar-refractivity contribution in [3.8, 4) is 11.5 Å². The van der Waals surface area contributed by atoms with Crippen LogP contribution >= 0.6 is 23.4 Å². The first-order chi connectivity index (χ1) is 15.9. The van der Waals surface area contributed by atoms with Gasteiger partial charge in [-0.2, -0.15) is 0 Å². The zero-order chi connectivity index (χ0) is 23.4. The molecule has 2 amide bonds. The second kappa shape index (κ2) is 10.1. The van der Waals surface area contributed by atoms with E-state index in [2.05, 4.69) is 0 Å². The van der Waals surface area contributed by atoms with Crippen LogP contribution in [0.15, 0.2) is 71.6 Å². The molecular formula is C26H22ClNO4S. The summed E-state index contributed by atoms with van der Waals surface area (Å²) in [6.07, 6.45) is 2.13. The zero-order valence-electron chi connectivity index (χ0n) is 18.0. The number of rotatable bonds is 7. The van der Waals surface area contributed by atoms with Gasteiger partial charge in [0.25, 0.3) is 11.1 Å². The number of hydrogen-bond donors (Lipinski definition) is 1. The lowest BCUT2D eigenvalue weighted by Gasteiger charge is -2.13. The van der Waals surface area contributed by atoms with Crippen molar-refractivity contribution in [1.29, 1.82) is 0 Å². The molecule has 7 heteroatoms. The standard InChI is InChI=1S/C26H22ClNO4S/c1-17-6-9-21(10-7-17)32-13-12-28-25(30)24(33-26(28)31)16-20-15-18(8-11-23(20)29)14-19-4-2-3-5-22(19)27/h2-11,15-16,29H,12-14H2,1H3/b24-16-.